The first-order valence-corrected chi connectivity index (χ1v) is 9.03. The van der Waals surface area contributed by atoms with Crippen molar-refractivity contribution in [1.29, 1.82) is 0 Å². The smallest absolute Gasteiger partial charge is 0.408 e. The van der Waals surface area contributed by atoms with Gasteiger partial charge in [0.15, 0.2) is 0 Å². The van der Waals surface area contributed by atoms with E-state index in [0.29, 0.717) is 0 Å². The first-order valence-electron chi connectivity index (χ1n) is 9.03. The highest BCUT2D eigenvalue weighted by Gasteiger charge is 2.33. The second kappa shape index (κ2) is 8.21. The Kier molecular flexibility index (Phi) is 5.73. The van der Waals surface area contributed by atoms with Crippen molar-refractivity contribution in [2.24, 2.45) is 5.18 Å². The van der Waals surface area contributed by atoms with E-state index >= 15 is 0 Å². The minimum Gasteiger partial charge on any atom is -0.462 e. The van der Waals surface area contributed by atoms with Crippen molar-refractivity contribution in [2.45, 2.75) is 25.3 Å². The molecule has 0 aliphatic heterocycles. The molecule has 0 bridgehead atoms. The first kappa shape index (κ1) is 19.5. The fraction of sp³-hybridized carbons (Fsp3) is 0.333. The van der Waals surface area contributed by atoms with Crippen LogP contribution in [0.1, 0.15) is 30.9 Å². The summed E-state index contributed by atoms with van der Waals surface area (Å²) in [4.78, 5) is 34.4. The third-order valence-corrected chi connectivity index (χ3v) is 4.68. The van der Waals surface area contributed by atoms with E-state index in [1.807, 2.05) is 36.4 Å². The van der Waals surface area contributed by atoms with Crippen LogP contribution >= 0.6 is 0 Å². The molecule has 1 aliphatic rings. The Hall–Kier alpha value is -3.22. The van der Waals surface area contributed by atoms with Crippen LogP contribution in [-0.2, 0) is 14.3 Å². The first-order chi connectivity index (χ1) is 13.4. The van der Waals surface area contributed by atoms with Crippen molar-refractivity contribution in [3.05, 3.63) is 64.6 Å². The number of ether oxygens (including phenoxy) is 2. The number of amides is 1. The zero-order valence-electron chi connectivity index (χ0n) is 15.8. The standard InChI is InChI=1S/C21H22N2O5/c1-21(2,19(24)27-12-11-22-26)23-20(25)28-13-18-16-9-5-3-7-14(16)15-8-4-6-10-17(15)18/h3-10,18H,11-13H2,1-2H3,(H,23,25). The molecule has 0 saturated heterocycles. The molecular weight excluding hydrogens is 360 g/mol. The number of nitrogens with zero attached hydrogens (tertiary/aromatic N) is 1. The second-order valence-electron chi connectivity index (χ2n) is 7.06. The highest BCUT2D eigenvalue weighted by Crippen LogP contribution is 2.44. The lowest BCUT2D eigenvalue weighted by Gasteiger charge is -2.24. The number of carbonyl (C=O) groups excluding carboxylic acids is 2. The fourth-order valence-electron chi connectivity index (χ4n) is 3.30. The van der Waals surface area contributed by atoms with Crippen LogP contribution in [0.2, 0.25) is 0 Å². The maximum Gasteiger partial charge on any atom is 0.408 e. The number of esters is 1. The number of hydrogen-bond donors (Lipinski definition) is 1. The molecule has 0 radical (unpaired) electrons. The van der Waals surface area contributed by atoms with Crippen LogP contribution < -0.4 is 5.32 Å². The van der Waals surface area contributed by atoms with E-state index < -0.39 is 17.6 Å². The number of benzene rings is 2. The molecule has 0 fully saturated rings. The molecule has 2 aromatic carbocycles. The van der Waals surface area contributed by atoms with Gasteiger partial charge in [0.05, 0.1) is 0 Å². The molecule has 0 atom stereocenters. The van der Waals surface area contributed by atoms with E-state index in [1.165, 1.54) is 13.8 Å². The Labute approximate surface area is 163 Å². The van der Waals surface area contributed by atoms with Gasteiger partial charge in [-0.25, -0.2) is 9.59 Å². The number of fused-ring (bicyclic) bond motifs is 3. The van der Waals surface area contributed by atoms with Crippen LogP contribution in [0.5, 0.6) is 0 Å². The van der Waals surface area contributed by atoms with Crippen LogP contribution in [0.3, 0.4) is 0 Å². The zero-order valence-corrected chi connectivity index (χ0v) is 15.8. The van der Waals surface area contributed by atoms with Crippen LogP contribution in [0, 0.1) is 4.91 Å². The summed E-state index contributed by atoms with van der Waals surface area (Å²) in [7, 11) is 0. The lowest BCUT2D eigenvalue weighted by Crippen LogP contribution is -2.51. The Morgan fingerprint density at radius 2 is 1.57 bits per heavy atom. The molecule has 0 spiro atoms. The third kappa shape index (κ3) is 4.03. The molecule has 0 saturated carbocycles. The van der Waals surface area contributed by atoms with E-state index in [4.69, 9.17) is 9.47 Å². The van der Waals surface area contributed by atoms with Crippen LogP contribution in [0.25, 0.3) is 11.1 Å². The van der Waals surface area contributed by atoms with Crippen LogP contribution in [0.15, 0.2) is 53.7 Å². The Morgan fingerprint density at radius 3 is 2.14 bits per heavy atom. The fourth-order valence-corrected chi connectivity index (χ4v) is 3.30. The number of nitrogens with one attached hydrogen (secondary N) is 1. The predicted molar refractivity (Wildman–Crippen MR) is 104 cm³/mol. The van der Waals surface area contributed by atoms with Gasteiger partial charge >= 0.3 is 12.1 Å². The lowest BCUT2D eigenvalue weighted by atomic mass is 9.98. The Balaban J connectivity index is 1.63. The average molecular weight is 382 g/mol. The summed E-state index contributed by atoms with van der Waals surface area (Å²) in [5, 5.41) is 5.13. The van der Waals surface area contributed by atoms with Gasteiger partial charge in [0.1, 0.15) is 25.3 Å². The number of carbonyl (C=O) groups is 2. The minimum absolute atomic E-state index is 0.0631. The van der Waals surface area contributed by atoms with Crippen molar-refractivity contribution < 1.29 is 19.1 Å². The van der Waals surface area contributed by atoms with Gasteiger partial charge in [-0.05, 0) is 36.1 Å². The molecular formula is C21H22N2O5. The van der Waals surface area contributed by atoms with Gasteiger partial charge < -0.3 is 14.8 Å². The van der Waals surface area contributed by atoms with E-state index in [9.17, 15) is 14.5 Å². The normalized spacial score (nSPS) is 12.6. The van der Waals surface area contributed by atoms with Gasteiger partial charge in [0.25, 0.3) is 0 Å². The van der Waals surface area contributed by atoms with Crippen molar-refractivity contribution in [3.8, 4) is 11.1 Å². The van der Waals surface area contributed by atoms with Gasteiger partial charge in [-0.2, -0.15) is 4.91 Å². The monoisotopic (exact) mass is 382 g/mol. The summed E-state index contributed by atoms with van der Waals surface area (Å²) >= 11 is 0. The van der Waals surface area contributed by atoms with Gasteiger partial charge in [-0.1, -0.05) is 53.7 Å². The van der Waals surface area contributed by atoms with Crippen LogP contribution in [0.4, 0.5) is 4.79 Å². The third-order valence-electron chi connectivity index (χ3n) is 4.68. The number of rotatable bonds is 7. The van der Waals surface area contributed by atoms with Gasteiger partial charge in [-0.3, -0.25) is 0 Å². The topological polar surface area (TPSA) is 94.1 Å². The summed E-state index contributed by atoms with van der Waals surface area (Å²) in [6, 6.07) is 16.1. The molecule has 0 heterocycles. The van der Waals surface area contributed by atoms with Gasteiger partial charge in [0, 0.05) is 5.92 Å². The Bertz CT molecular complexity index is 848. The van der Waals surface area contributed by atoms with E-state index in [0.717, 1.165) is 22.3 Å². The zero-order chi connectivity index (χ0) is 20.1. The maximum absolute atomic E-state index is 12.3. The number of nitroso groups, excluding NO2 is 1. The summed E-state index contributed by atoms with van der Waals surface area (Å²) in [5.74, 6) is -0.725. The molecule has 7 nitrogen and oxygen atoms in total. The van der Waals surface area contributed by atoms with E-state index in [2.05, 4.69) is 22.6 Å². The summed E-state index contributed by atoms with van der Waals surface area (Å²) in [5.41, 5.74) is 3.21. The quantitative estimate of drug-likeness (QED) is 0.448. The largest absolute Gasteiger partial charge is 0.462 e. The maximum atomic E-state index is 12.3. The van der Waals surface area contributed by atoms with Crippen molar-refractivity contribution in [3.63, 3.8) is 0 Å². The molecule has 3 rings (SSSR count). The van der Waals surface area contributed by atoms with Gasteiger partial charge in [-0.15, -0.1) is 0 Å². The summed E-state index contributed by atoms with van der Waals surface area (Å²) < 4.78 is 10.3. The highest BCUT2D eigenvalue weighted by molar-refractivity contribution is 5.85. The van der Waals surface area contributed by atoms with E-state index in [1.54, 1.807) is 0 Å². The molecule has 146 valence electrons. The SMILES string of the molecule is CC(C)(NC(=O)OCC1c2ccccc2-c2ccccc21)C(=O)OCCN=O. The molecule has 1 N–H and O–H groups in total. The van der Waals surface area contributed by atoms with Crippen molar-refractivity contribution in [2.75, 3.05) is 19.8 Å². The highest BCUT2D eigenvalue weighted by atomic mass is 16.6. The molecule has 1 aliphatic carbocycles. The van der Waals surface area contributed by atoms with Crippen LogP contribution in [-0.4, -0.2) is 37.4 Å². The Morgan fingerprint density at radius 1 is 1.00 bits per heavy atom. The number of hydrogen-bond acceptors (Lipinski definition) is 6. The lowest BCUT2D eigenvalue weighted by molar-refractivity contribution is -0.149. The average Bonchev–Trinajstić information content (AvgIpc) is 3.00. The van der Waals surface area contributed by atoms with E-state index in [-0.39, 0.29) is 25.7 Å². The molecule has 2 aromatic rings. The molecule has 0 aromatic heterocycles. The van der Waals surface area contributed by atoms with Crippen molar-refractivity contribution >= 4 is 12.1 Å². The summed E-state index contributed by atoms with van der Waals surface area (Å²) in [6.45, 7) is 2.90. The minimum atomic E-state index is -1.29. The molecule has 1 amide bonds. The second-order valence-corrected chi connectivity index (χ2v) is 7.06. The van der Waals surface area contributed by atoms with Crippen molar-refractivity contribution in [1.82, 2.24) is 5.32 Å². The van der Waals surface area contributed by atoms with Gasteiger partial charge in [0.2, 0.25) is 0 Å². The predicted octanol–water partition coefficient (Wildman–Crippen LogP) is 3.61. The molecule has 0 unspecified atom stereocenters. The summed E-state index contributed by atoms with van der Waals surface area (Å²) in [6.07, 6.45) is -0.711. The molecule has 7 heteroatoms. The number of alkyl carbamates (subject to hydrolysis) is 1. The molecule has 28 heavy (non-hydrogen) atoms.